The van der Waals surface area contributed by atoms with Gasteiger partial charge in [-0.1, -0.05) is 0 Å². The standard InChI is InChI=1S/4C4H9.FH.Pb/c4*1-3-4-2;;/h4*1,3-4H2,2H3;1H;. The monoisotopic (exact) mass is 456 g/mol. The summed E-state index contributed by atoms with van der Waals surface area (Å²) in [4.78, 5) is 0. The summed E-state index contributed by atoms with van der Waals surface area (Å²) in [6, 6.07) is 0. The molecule has 0 nitrogen and oxygen atoms in total. The third-order valence-electron chi connectivity index (χ3n) is 4.24. The molecule has 0 rings (SSSR count). The third-order valence-corrected chi connectivity index (χ3v) is 26.2. The van der Waals surface area contributed by atoms with Crippen LogP contribution in [0.3, 0.4) is 0 Å². The van der Waals surface area contributed by atoms with Gasteiger partial charge >= 0.3 is 116 Å². The molecule has 0 spiro atoms. The van der Waals surface area contributed by atoms with Crippen molar-refractivity contribution < 1.29 is 4.70 Å². The van der Waals surface area contributed by atoms with E-state index < -0.39 is 21.2 Å². The molecule has 0 fully saturated rings. The van der Waals surface area contributed by atoms with Gasteiger partial charge in [-0.25, -0.2) is 0 Å². The number of halogens is 1. The molecule has 0 aromatic carbocycles. The molecule has 0 aliphatic heterocycles. The van der Waals surface area contributed by atoms with E-state index in [-0.39, 0.29) is 4.70 Å². The van der Waals surface area contributed by atoms with Gasteiger partial charge in [-0.2, -0.15) is 0 Å². The van der Waals surface area contributed by atoms with Crippen LogP contribution in [0.4, 0.5) is 4.70 Å². The van der Waals surface area contributed by atoms with Crippen molar-refractivity contribution in [3.8, 4) is 0 Å². The Morgan fingerprint density at radius 2 is 0.722 bits per heavy atom. The molecule has 0 radical (unpaired) electrons. The molecule has 0 aromatic heterocycles. The van der Waals surface area contributed by atoms with Crippen LogP contribution in [-0.4, -0.2) is 21.2 Å². The summed E-state index contributed by atoms with van der Waals surface area (Å²) < 4.78 is 6.85. The van der Waals surface area contributed by atoms with Crippen molar-refractivity contribution in [1.82, 2.24) is 0 Å². The first kappa shape index (κ1) is 21.2. The van der Waals surface area contributed by atoms with E-state index in [0.717, 1.165) is 0 Å². The molecule has 0 bridgehead atoms. The SMILES string of the molecule is CCC[CH2][Pb]([CH2]CCC)([CH2]CCC)[CH2]CCC.F. The van der Waals surface area contributed by atoms with Gasteiger partial charge in [-0.3, -0.25) is 4.70 Å². The van der Waals surface area contributed by atoms with Gasteiger partial charge in [-0.15, -0.1) is 0 Å². The smallest absolute Gasteiger partial charge is 0.269 e. The summed E-state index contributed by atoms with van der Waals surface area (Å²) in [6.07, 6.45) is 11.9. The Balaban J connectivity index is 0. The zero-order chi connectivity index (χ0) is 13.0. The number of rotatable bonds is 12. The van der Waals surface area contributed by atoms with Gasteiger partial charge in [0.2, 0.25) is 0 Å². The first-order valence-corrected chi connectivity index (χ1v) is 19.2. The van der Waals surface area contributed by atoms with Gasteiger partial charge in [0.1, 0.15) is 0 Å². The van der Waals surface area contributed by atoms with Crippen molar-refractivity contribution in [1.29, 1.82) is 0 Å². The third kappa shape index (κ3) is 9.74. The molecule has 0 amide bonds. The molecule has 0 unspecified atom stereocenters. The van der Waals surface area contributed by atoms with Crippen LogP contribution >= 0.6 is 0 Å². The van der Waals surface area contributed by atoms with Crippen molar-refractivity contribution in [2.45, 2.75) is 95.0 Å². The summed E-state index contributed by atoms with van der Waals surface area (Å²) in [5.74, 6) is 0. The molecule has 0 N–H and O–H groups in total. The summed E-state index contributed by atoms with van der Waals surface area (Å²) in [5.41, 5.74) is 0. The second-order valence-electron chi connectivity index (χ2n) is 5.91. The Labute approximate surface area is 120 Å². The second kappa shape index (κ2) is 14.3. The summed E-state index contributed by atoms with van der Waals surface area (Å²) in [6.45, 7) is 9.49. The molecule has 18 heavy (non-hydrogen) atoms. The predicted octanol–water partition coefficient (Wildman–Crippen LogP) is 6.79. The maximum absolute atomic E-state index is 2.37. The van der Waals surface area contributed by atoms with Crippen LogP contribution in [0.2, 0.25) is 15.9 Å². The van der Waals surface area contributed by atoms with E-state index in [4.69, 9.17) is 0 Å². The molecule has 0 aliphatic rings. The van der Waals surface area contributed by atoms with Crippen LogP contribution in [0.1, 0.15) is 79.1 Å². The zero-order valence-corrected chi connectivity index (χ0v) is 17.3. The Morgan fingerprint density at radius 3 is 0.889 bits per heavy atom. The normalized spacial score (nSPS) is 11.3. The van der Waals surface area contributed by atoms with Gasteiger partial charge < -0.3 is 0 Å². The van der Waals surface area contributed by atoms with Crippen molar-refractivity contribution >= 4 is 21.2 Å². The van der Waals surface area contributed by atoms with Gasteiger partial charge in [0.05, 0.1) is 0 Å². The summed E-state index contributed by atoms with van der Waals surface area (Å²) >= 11 is -1.83. The average molecular weight is 456 g/mol. The van der Waals surface area contributed by atoms with Crippen LogP contribution in [0.15, 0.2) is 0 Å². The van der Waals surface area contributed by atoms with Crippen LogP contribution < -0.4 is 0 Å². The van der Waals surface area contributed by atoms with Crippen LogP contribution in [0.25, 0.3) is 0 Å². The van der Waals surface area contributed by atoms with Crippen LogP contribution in [0.5, 0.6) is 0 Å². The molecular formula is C16H37FPb. The Bertz CT molecular complexity index is 122. The predicted molar refractivity (Wildman–Crippen MR) is 87.1 cm³/mol. The number of hydrogen-bond donors (Lipinski definition) is 0. The maximum atomic E-state index is 2.37. The summed E-state index contributed by atoms with van der Waals surface area (Å²) in [7, 11) is 0. The van der Waals surface area contributed by atoms with Gasteiger partial charge in [0.25, 0.3) is 0 Å². The first-order chi connectivity index (χ1) is 8.24. The number of unbranched alkanes of at least 4 members (excludes halogenated alkanes) is 4. The average Bonchev–Trinajstić information content (AvgIpc) is 2.37. The molecule has 0 aliphatic carbocycles. The molecule has 0 atom stereocenters. The molecule has 0 saturated carbocycles. The van der Waals surface area contributed by atoms with E-state index in [1.54, 1.807) is 41.6 Å². The van der Waals surface area contributed by atoms with E-state index in [1.165, 1.54) is 25.7 Å². The van der Waals surface area contributed by atoms with E-state index >= 15 is 0 Å². The topological polar surface area (TPSA) is 0 Å². The molecule has 112 valence electrons. The summed E-state index contributed by atoms with van der Waals surface area (Å²) in [5, 5.41) is 0. The van der Waals surface area contributed by atoms with E-state index in [2.05, 4.69) is 27.7 Å². The Morgan fingerprint density at radius 1 is 0.500 bits per heavy atom. The van der Waals surface area contributed by atoms with E-state index in [0.29, 0.717) is 0 Å². The number of hydrogen-bond acceptors (Lipinski definition) is 0. The minimum absolute atomic E-state index is 0. The molecule has 0 saturated heterocycles. The van der Waals surface area contributed by atoms with Crippen LogP contribution in [-0.2, 0) is 0 Å². The van der Waals surface area contributed by atoms with Gasteiger partial charge in [0, 0.05) is 0 Å². The largest absolute Gasteiger partial charge is 0.269 e. The van der Waals surface area contributed by atoms with Crippen molar-refractivity contribution in [3.63, 3.8) is 0 Å². The Kier molecular flexibility index (Phi) is 16.8. The van der Waals surface area contributed by atoms with E-state index in [9.17, 15) is 0 Å². The minimum Gasteiger partial charge on any atom is -0.269 e. The second-order valence-corrected chi connectivity index (χ2v) is 25.4. The minimum atomic E-state index is -1.83. The first-order valence-electron chi connectivity index (χ1n) is 8.24. The molecule has 2 heteroatoms. The molecule has 0 heterocycles. The van der Waals surface area contributed by atoms with Gasteiger partial charge in [0.15, 0.2) is 0 Å². The Hall–Kier alpha value is 0.852. The fourth-order valence-electron chi connectivity index (χ4n) is 2.96. The fourth-order valence-corrected chi connectivity index (χ4v) is 25.9. The van der Waals surface area contributed by atoms with E-state index in [1.807, 2.05) is 0 Å². The van der Waals surface area contributed by atoms with Crippen molar-refractivity contribution in [3.05, 3.63) is 0 Å². The molecular weight excluding hydrogens is 418 g/mol. The van der Waals surface area contributed by atoms with Crippen molar-refractivity contribution in [2.24, 2.45) is 0 Å². The fraction of sp³-hybridized carbons (Fsp3) is 1.00. The van der Waals surface area contributed by atoms with Crippen LogP contribution in [0, 0.1) is 0 Å². The van der Waals surface area contributed by atoms with Crippen molar-refractivity contribution in [2.75, 3.05) is 0 Å². The van der Waals surface area contributed by atoms with Gasteiger partial charge in [-0.05, 0) is 0 Å². The molecule has 0 aromatic rings. The maximum Gasteiger partial charge on any atom is -0.269 e. The zero-order valence-electron chi connectivity index (χ0n) is 13.4. The quantitative estimate of drug-likeness (QED) is 0.284.